The average Bonchev–Trinajstić information content (AvgIpc) is 2.56. The fourth-order valence-corrected chi connectivity index (χ4v) is 3.73. The Labute approximate surface area is 151 Å². The zero-order chi connectivity index (χ0) is 17.4. The smallest absolute Gasteiger partial charge is 0.119 e. The fourth-order valence-electron chi connectivity index (χ4n) is 2.41. The summed E-state index contributed by atoms with van der Waals surface area (Å²) in [6.07, 6.45) is 4.77. The van der Waals surface area contributed by atoms with Crippen LogP contribution in [0.15, 0.2) is 42.5 Å². The molecule has 0 radical (unpaired) electrons. The van der Waals surface area contributed by atoms with Gasteiger partial charge in [-0.05, 0) is 54.8 Å². The Morgan fingerprint density at radius 2 is 1.83 bits per heavy atom. The van der Waals surface area contributed by atoms with E-state index in [2.05, 4.69) is 6.92 Å². The molecule has 0 aliphatic rings. The lowest BCUT2D eigenvalue weighted by Gasteiger charge is -2.16. The summed E-state index contributed by atoms with van der Waals surface area (Å²) in [7, 11) is 0.629. The van der Waals surface area contributed by atoms with E-state index < -0.39 is 0 Å². The lowest BCUT2D eigenvalue weighted by atomic mass is 10.1. The molecule has 0 aliphatic heterocycles. The molecule has 24 heavy (non-hydrogen) atoms. The van der Waals surface area contributed by atoms with Gasteiger partial charge in [-0.2, -0.15) is 0 Å². The number of hydrogen-bond acceptors (Lipinski definition) is 2. The van der Waals surface area contributed by atoms with Gasteiger partial charge in [-0.25, -0.2) is 0 Å². The van der Waals surface area contributed by atoms with Crippen molar-refractivity contribution in [1.29, 1.82) is 0 Å². The van der Waals surface area contributed by atoms with Crippen LogP contribution in [0.4, 0.5) is 0 Å². The minimum Gasteiger partial charge on any atom is -0.823 e. The van der Waals surface area contributed by atoms with E-state index in [9.17, 15) is 5.11 Å². The van der Waals surface area contributed by atoms with Crippen molar-refractivity contribution in [3.8, 4) is 5.75 Å². The van der Waals surface area contributed by atoms with Crippen LogP contribution in [0.2, 0.25) is 5.02 Å². The summed E-state index contributed by atoms with van der Waals surface area (Å²) in [6, 6.07) is 13.2. The maximum Gasteiger partial charge on any atom is 0.119 e. The molecule has 0 aromatic heterocycles. The van der Waals surface area contributed by atoms with Crippen molar-refractivity contribution in [2.24, 2.45) is 0 Å². The summed E-state index contributed by atoms with van der Waals surface area (Å²) in [4.78, 5) is 0. The fraction of sp³-hybridized carbons (Fsp3) is 0.350. The van der Waals surface area contributed by atoms with Crippen LogP contribution in [-0.4, -0.2) is 12.1 Å². The van der Waals surface area contributed by atoms with Crippen LogP contribution in [0.3, 0.4) is 0 Å². The van der Waals surface area contributed by atoms with Crippen molar-refractivity contribution in [2.45, 2.75) is 39.5 Å². The highest BCUT2D eigenvalue weighted by atomic mass is 35.5. The third kappa shape index (κ3) is 5.63. The van der Waals surface area contributed by atoms with E-state index in [4.69, 9.17) is 16.3 Å². The first-order chi connectivity index (χ1) is 11.6. The van der Waals surface area contributed by atoms with Gasteiger partial charge >= 0.3 is 0 Å². The molecular formula is C20H23ClO2P-. The largest absolute Gasteiger partial charge is 0.823 e. The zero-order valence-corrected chi connectivity index (χ0v) is 15.9. The summed E-state index contributed by atoms with van der Waals surface area (Å²) in [5.74, 6) is 0.854. The molecule has 0 fully saturated rings. The quantitative estimate of drug-likeness (QED) is 0.503. The van der Waals surface area contributed by atoms with E-state index in [-0.39, 0.29) is 5.48 Å². The van der Waals surface area contributed by atoms with E-state index in [1.807, 2.05) is 43.3 Å². The Kier molecular flexibility index (Phi) is 7.78. The van der Waals surface area contributed by atoms with E-state index in [1.54, 1.807) is 6.07 Å². The molecule has 0 atom stereocenters. The molecular weight excluding hydrogens is 339 g/mol. The predicted molar refractivity (Wildman–Crippen MR) is 103 cm³/mol. The van der Waals surface area contributed by atoms with Gasteiger partial charge in [-0.1, -0.05) is 58.1 Å². The van der Waals surface area contributed by atoms with Crippen LogP contribution in [0.5, 0.6) is 5.75 Å². The van der Waals surface area contributed by atoms with Gasteiger partial charge in [0.2, 0.25) is 0 Å². The van der Waals surface area contributed by atoms with Crippen LogP contribution < -0.4 is 15.1 Å². The molecule has 4 heteroatoms. The van der Waals surface area contributed by atoms with Crippen molar-refractivity contribution >= 4 is 30.6 Å². The summed E-state index contributed by atoms with van der Waals surface area (Å²) >= 11 is 6.16. The Hall–Kier alpha value is -1.34. The van der Waals surface area contributed by atoms with E-state index in [1.165, 1.54) is 19.3 Å². The lowest BCUT2D eigenvalue weighted by Crippen LogP contribution is -2.19. The molecule has 0 N–H and O–H groups in total. The number of benzene rings is 2. The minimum atomic E-state index is 0.0198. The number of rotatable bonds is 8. The molecule has 0 amide bonds. The van der Waals surface area contributed by atoms with Crippen molar-refractivity contribution in [3.05, 3.63) is 58.6 Å². The van der Waals surface area contributed by atoms with Gasteiger partial charge in [0, 0.05) is 10.3 Å². The monoisotopic (exact) mass is 361 g/mol. The Morgan fingerprint density at radius 3 is 2.50 bits per heavy atom. The highest BCUT2D eigenvalue weighted by molar-refractivity contribution is 7.49. The number of aryl methyl sites for hydroxylation is 1. The first-order valence-corrected chi connectivity index (χ1v) is 9.63. The summed E-state index contributed by atoms with van der Waals surface area (Å²) in [5.41, 5.74) is 1.54. The highest BCUT2D eigenvalue weighted by Gasteiger charge is 2.02. The predicted octanol–water partition coefficient (Wildman–Crippen LogP) is 4.72. The molecule has 0 unspecified atom stereocenters. The minimum absolute atomic E-state index is 0.0198. The van der Waals surface area contributed by atoms with Crippen LogP contribution in [0.1, 0.15) is 43.7 Å². The van der Waals surface area contributed by atoms with Gasteiger partial charge in [-0.3, -0.25) is 0 Å². The first-order valence-electron chi connectivity index (χ1n) is 8.36. The number of ether oxygens (including phenoxy) is 1. The van der Waals surface area contributed by atoms with E-state index in [0.29, 0.717) is 18.8 Å². The van der Waals surface area contributed by atoms with Gasteiger partial charge in [0.25, 0.3) is 0 Å². The Bertz CT molecular complexity index is 660. The van der Waals surface area contributed by atoms with Crippen LogP contribution in [-0.2, 0) is 0 Å². The van der Waals surface area contributed by atoms with Crippen LogP contribution in [0, 0.1) is 6.92 Å². The molecule has 2 aromatic carbocycles. The number of halogens is 1. The third-order valence-corrected chi connectivity index (χ3v) is 5.07. The molecule has 2 nitrogen and oxygen atoms in total. The lowest BCUT2D eigenvalue weighted by molar-refractivity contribution is -0.207. The standard InChI is InChI=1S/C20H24ClO2P/c1-3-4-5-6-14-23-16-10-12-17(13-11-16)24-20(22)19-15(2)8-7-9-18(19)21/h7-13,22H,3-6,14H2,1-2H3/p-1. The normalized spacial score (nSPS) is 11.6. The van der Waals surface area contributed by atoms with Gasteiger partial charge < -0.3 is 9.84 Å². The summed E-state index contributed by atoms with van der Waals surface area (Å²) in [5, 5.41) is 13.9. The average molecular weight is 362 g/mol. The van der Waals surface area contributed by atoms with Crippen LogP contribution >= 0.6 is 19.8 Å². The second-order valence-electron chi connectivity index (χ2n) is 5.75. The van der Waals surface area contributed by atoms with E-state index >= 15 is 0 Å². The zero-order valence-electron chi connectivity index (χ0n) is 14.2. The Balaban J connectivity index is 2.00. The molecule has 0 saturated heterocycles. The first kappa shape index (κ1) is 19.0. The number of unbranched alkanes of at least 4 members (excludes halogenated alkanes) is 3. The van der Waals surface area contributed by atoms with Gasteiger partial charge in [0.05, 0.1) is 6.61 Å². The van der Waals surface area contributed by atoms with Crippen LogP contribution in [0.25, 0.3) is 0 Å². The van der Waals surface area contributed by atoms with Gasteiger partial charge in [0.1, 0.15) is 5.75 Å². The van der Waals surface area contributed by atoms with Crippen molar-refractivity contribution in [2.75, 3.05) is 6.61 Å². The number of hydrogen-bond donors (Lipinski definition) is 0. The summed E-state index contributed by atoms with van der Waals surface area (Å²) < 4.78 is 5.73. The van der Waals surface area contributed by atoms with Gasteiger partial charge in [-0.15, -0.1) is 5.48 Å². The maximum atomic E-state index is 12.5. The topological polar surface area (TPSA) is 32.3 Å². The molecule has 2 aromatic rings. The van der Waals surface area contributed by atoms with Gasteiger partial charge in [0.15, 0.2) is 0 Å². The molecule has 0 heterocycles. The van der Waals surface area contributed by atoms with Crippen molar-refractivity contribution < 1.29 is 9.84 Å². The SMILES string of the molecule is CCCCCCOc1ccc(P=C([O-])c2c(C)cccc2Cl)cc1. The van der Waals surface area contributed by atoms with E-state index in [0.717, 1.165) is 29.6 Å². The van der Waals surface area contributed by atoms with Crippen molar-refractivity contribution in [3.63, 3.8) is 0 Å². The third-order valence-electron chi connectivity index (χ3n) is 3.77. The summed E-state index contributed by atoms with van der Waals surface area (Å²) in [6.45, 7) is 4.85. The molecule has 0 saturated carbocycles. The molecule has 0 aliphatic carbocycles. The maximum absolute atomic E-state index is 12.5. The molecule has 2 rings (SSSR count). The highest BCUT2D eigenvalue weighted by Crippen LogP contribution is 2.21. The second-order valence-corrected chi connectivity index (χ2v) is 7.31. The molecule has 0 bridgehead atoms. The molecule has 128 valence electrons. The van der Waals surface area contributed by atoms with Crippen molar-refractivity contribution in [1.82, 2.24) is 0 Å². The molecule has 0 spiro atoms. The second kappa shape index (κ2) is 9.84. The Morgan fingerprint density at radius 1 is 1.08 bits per heavy atom.